The molecular formula is C17H25N3OS. The van der Waals surface area contributed by atoms with Gasteiger partial charge in [-0.3, -0.25) is 4.79 Å². The largest absolute Gasteiger partial charge is 0.340 e. The topological polar surface area (TPSA) is 51.3 Å². The number of aromatic nitrogens is 1. The zero-order valence-corrected chi connectivity index (χ0v) is 14.3. The molecule has 1 amide bonds. The standard InChI is InChI=1S/C17H25N3OS/c1-13(2)15(18)8-10-19(3)17(21)16-7-4-9-20(16)12-14-6-5-11-22-14/h4-7,9,11,13,15H,8,10,12,18H2,1-3H3. The van der Waals surface area contributed by atoms with Gasteiger partial charge in [-0.2, -0.15) is 0 Å². The van der Waals surface area contributed by atoms with Gasteiger partial charge in [-0.1, -0.05) is 19.9 Å². The molecule has 0 aliphatic heterocycles. The molecule has 2 aromatic heterocycles. The second kappa shape index (κ2) is 7.61. The van der Waals surface area contributed by atoms with Crippen molar-refractivity contribution in [3.63, 3.8) is 0 Å². The Balaban J connectivity index is 1.99. The number of carbonyl (C=O) groups is 1. The third-order valence-electron chi connectivity index (χ3n) is 3.96. The summed E-state index contributed by atoms with van der Waals surface area (Å²) in [6.07, 6.45) is 2.78. The lowest BCUT2D eigenvalue weighted by Gasteiger charge is -2.22. The number of hydrogen-bond acceptors (Lipinski definition) is 3. The van der Waals surface area contributed by atoms with E-state index in [9.17, 15) is 4.79 Å². The van der Waals surface area contributed by atoms with E-state index in [1.807, 2.05) is 36.0 Å². The van der Waals surface area contributed by atoms with Gasteiger partial charge in [0, 0.05) is 30.7 Å². The number of nitrogens with zero attached hydrogens (tertiary/aromatic N) is 2. The number of thiophene rings is 1. The Morgan fingerprint density at radius 1 is 1.36 bits per heavy atom. The van der Waals surface area contributed by atoms with E-state index >= 15 is 0 Å². The summed E-state index contributed by atoms with van der Waals surface area (Å²) in [4.78, 5) is 15.6. The van der Waals surface area contributed by atoms with Gasteiger partial charge in [0.2, 0.25) is 0 Å². The van der Waals surface area contributed by atoms with Crippen LogP contribution in [0.5, 0.6) is 0 Å². The smallest absolute Gasteiger partial charge is 0.270 e. The van der Waals surface area contributed by atoms with Crippen LogP contribution in [0.1, 0.15) is 35.6 Å². The highest BCUT2D eigenvalue weighted by molar-refractivity contribution is 7.09. The lowest BCUT2D eigenvalue weighted by Crippen LogP contribution is -2.35. The Bertz CT molecular complexity index is 589. The molecule has 0 aromatic carbocycles. The number of hydrogen-bond donors (Lipinski definition) is 1. The van der Waals surface area contributed by atoms with Crippen LogP contribution >= 0.6 is 11.3 Å². The molecule has 2 rings (SSSR count). The van der Waals surface area contributed by atoms with E-state index < -0.39 is 0 Å². The molecule has 0 spiro atoms. The van der Waals surface area contributed by atoms with Crippen molar-refractivity contribution in [2.45, 2.75) is 32.9 Å². The molecule has 1 atom stereocenters. The monoisotopic (exact) mass is 319 g/mol. The number of nitrogens with two attached hydrogens (primary N) is 1. The van der Waals surface area contributed by atoms with Gasteiger partial charge in [0.15, 0.2) is 0 Å². The molecule has 22 heavy (non-hydrogen) atoms. The van der Waals surface area contributed by atoms with E-state index in [4.69, 9.17) is 5.73 Å². The summed E-state index contributed by atoms with van der Waals surface area (Å²) in [7, 11) is 1.85. The maximum absolute atomic E-state index is 12.6. The minimum absolute atomic E-state index is 0.0533. The van der Waals surface area contributed by atoms with E-state index in [0.29, 0.717) is 12.5 Å². The highest BCUT2D eigenvalue weighted by Gasteiger charge is 2.17. The van der Waals surface area contributed by atoms with Crippen LogP contribution in [0.4, 0.5) is 0 Å². The molecule has 0 fully saturated rings. The van der Waals surface area contributed by atoms with Crippen molar-refractivity contribution in [1.82, 2.24) is 9.47 Å². The number of carbonyl (C=O) groups excluding carboxylic acids is 1. The Kier molecular flexibility index (Phi) is 5.80. The predicted molar refractivity (Wildman–Crippen MR) is 92.2 cm³/mol. The number of amides is 1. The summed E-state index contributed by atoms with van der Waals surface area (Å²) in [5.74, 6) is 0.490. The van der Waals surface area contributed by atoms with Crippen molar-refractivity contribution in [3.8, 4) is 0 Å². The van der Waals surface area contributed by atoms with Crippen molar-refractivity contribution in [2.24, 2.45) is 11.7 Å². The Morgan fingerprint density at radius 3 is 2.77 bits per heavy atom. The van der Waals surface area contributed by atoms with Gasteiger partial charge in [-0.25, -0.2) is 0 Å². The van der Waals surface area contributed by atoms with Crippen molar-refractivity contribution >= 4 is 17.2 Å². The normalized spacial score (nSPS) is 12.6. The molecule has 0 aliphatic rings. The van der Waals surface area contributed by atoms with Crippen LogP contribution in [0.3, 0.4) is 0 Å². The van der Waals surface area contributed by atoms with Gasteiger partial charge in [-0.15, -0.1) is 11.3 Å². The van der Waals surface area contributed by atoms with Crippen LogP contribution in [0.2, 0.25) is 0 Å². The summed E-state index contributed by atoms with van der Waals surface area (Å²) in [5.41, 5.74) is 6.79. The molecule has 5 heteroatoms. The summed E-state index contributed by atoms with van der Waals surface area (Å²) in [6.45, 7) is 5.64. The highest BCUT2D eigenvalue weighted by atomic mass is 32.1. The summed E-state index contributed by atoms with van der Waals surface area (Å²) in [6, 6.07) is 8.06. The van der Waals surface area contributed by atoms with Gasteiger partial charge >= 0.3 is 0 Å². The maximum Gasteiger partial charge on any atom is 0.270 e. The van der Waals surface area contributed by atoms with Crippen LogP contribution < -0.4 is 5.73 Å². The molecular weight excluding hydrogens is 294 g/mol. The average molecular weight is 319 g/mol. The first-order valence-corrected chi connectivity index (χ1v) is 8.55. The van der Waals surface area contributed by atoms with Gasteiger partial charge in [0.05, 0.1) is 6.54 Å². The second-order valence-electron chi connectivity index (χ2n) is 6.02. The Morgan fingerprint density at radius 2 is 2.14 bits per heavy atom. The average Bonchev–Trinajstić information content (AvgIpc) is 3.15. The summed E-state index contributed by atoms with van der Waals surface area (Å²) < 4.78 is 2.01. The molecule has 2 aromatic rings. The van der Waals surface area contributed by atoms with E-state index in [1.165, 1.54) is 4.88 Å². The van der Waals surface area contributed by atoms with E-state index in [2.05, 4.69) is 25.3 Å². The van der Waals surface area contributed by atoms with E-state index in [-0.39, 0.29) is 11.9 Å². The molecule has 120 valence electrons. The quantitative estimate of drug-likeness (QED) is 0.853. The van der Waals surface area contributed by atoms with E-state index in [1.54, 1.807) is 16.2 Å². The van der Waals surface area contributed by atoms with Gasteiger partial charge in [-0.05, 0) is 35.9 Å². The van der Waals surface area contributed by atoms with Crippen molar-refractivity contribution in [1.29, 1.82) is 0 Å². The first-order chi connectivity index (χ1) is 10.5. The lowest BCUT2D eigenvalue weighted by atomic mass is 10.0. The molecule has 0 saturated carbocycles. The van der Waals surface area contributed by atoms with Crippen molar-refractivity contribution in [2.75, 3.05) is 13.6 Å². The fourth-order valence-corrected chi connectivity index (χ4v) is 2.99. The maximum atomic E-state index is 12.6. The first-order valence-electron chi connectivity index (χ1n) is 7.67. The molecule has 0 saturated heterocycles. The third kappa shape index (κ3) is 4.21. The third-order valence-corrected chi connectivity index (χ3v) is 4.82. The van der Waals surface area contributed by atoms with Crippen LogP contribution in [-0.2, 0) is 6.54 Å². The molecule has 2 heterocycles. The predicted octanol–water partition coefficient (Wildman–Crippen LogP) is 3.04. The summed E-state index contributed by atoms with van der Waals surface area (Å²) in [5, 5.41) is 2.06. The number of rotatable bonds is 7. The minimum Gasteiger partial charge on any atom is -0.340 e. The van der Waals surface area contributed by atoms with Crippen molar-refractivity contribution in [3.05, 3.63) is 46.4 Å². The molecule has 1 unspecified atom stereocenters. The SMILES string of the molecule is CC(C)C(N)CCN(C)C(=O)c1cccn1Cc1cccs1. The van der Waals surface area contributed by atoms with Gasteiger partial charge < -0.3 is 15.2 Å². The van der Waals surface area contributed by atoms with Gasteiger partial charge in [0.1, 0.15) is 5.69 Å². The highest BCUT2D eigenvalue weighted by Crippen LogP contribution is 2.14. The Hall–Kier alpha value is -1.59. The zero-order valence-electron chi connectivity index (χ0n) is 13.5. The first kappa shape index (κ1) is 16.8. The van der Waals surface area contributed by atoms with Crippen molar-refractivity contribution < 1.29 is 4.79 Å². The molecule has 0 radical (unpaired) electrons. The zero-order chi connectivity index (χ0) is 16.1. The fraction of sp³-hybridized carbons (Fsp3) is 0.471. The Labute approximate surface area is 136 Å². The van der Waals surface area contributed by atoms with Gasteiger partial charge in [0.25, 0.3) is 5.91 Å². The molecule has 0 aliphatic carbocycles. The van der Waals surface area contributed by atoms with Crippen LogP contribution in [0.25, 0.3) is 0 Å². The molecule has 4 nitrogen and oxygen atoms in total. The van der Waals surface area contributed by atoms with Crippen LogP contribution in [0.15, 0.2) is 35.8 Å². The fourth-order valence-electron chi connectivity index (χ4n) is 2.29. The van der Waals surface area contributed by atoms with Crippen LogP contribution in [-0.4, -0.2) is 35.0 Å². The molecule has 2 N–H and O–H groups in total. The minimum atomic E-state index is 0.0533. The lowest BCUT2D eigenvalue weighted by molar-refractivity contribution is 0.0779. The summed E-state index contributed by atoms with van der Waals surface area (Å²) >= 11 is 1.71. The molecule has 0 bridgehead atoms. The van der Waals surface area contributed by atoms with Crippen LogP contribution in [0, 0.1) is 5.92 Å². The van der Waals surface area contributed by atoms with E-state index in [0.717, 1.165) is 18.7 Å². The second-order valence-corrected chi connectivity index (χ2v) is 7.06.